The normalized spacial score (nSPS) is 16.6. The van der Waals surface area contributed by atoms with Crippen LogP contribution in [0.2, 0.25) is 0 Å². The van der Waals surface area contributed by atoms with E-state index in [0.29, 0.717) is 5.92 Å². The Bertz CT molecular complexity index is 543. The maximum atomic E-state index is 13.2. The van der Waals surface area contributed by atoms with Gasteiger partial charge in [0.1, 0.15) is 5.82 Å². The van der Waals surface area contributed by atoms with Crippen LogP contribution in [0.1, 0.15) is 22.7 Å². The number of rotatable bonds is 2. The minimum absolute atomic E-state index is 0.152. The van der Waals surface area contributed by atoms with Gasteiger partial charge >= 0.3 is 0 Å². The molecule has 2 nitrogen and oxygen atoms in total. The Balaban J connectivity index is 1.82. The molecule has 92 valence electrons. The van der Waals surface area contributed by atoms with E-state index in [1.54, 1.807) is 6.20 Å². The van der Waals surface area contributed by atoms with Crippen LogP contribution in [0.25, 0.3) is 0 Å². The smallest absolute Gasteiger partial charge is 0.141 e. The lowest BCUT2D eigenvalue weighted by Crippen LogP contribution is -2.22. The van der Waals surface area contributed by atoms with E-state index in [1.807, 2.05) is 0 Å². The highest BCUT2D eigenvalue weighted by atomic mass is 19.1. The molecular weight excluding hydrogens is 227 g/mol. The van der Waals surface area contributed by atoms with E-state index in [1.165, 1.54) is 23.4 Å². The van der Waals surface area contributed by atoms with Crippen LogP contribution >= 0.6 is 0 Å². The van der Waals surface area contributed by atoms with Crippen molar-refractivity contribution < 1.29 is 4.39 Å². The van der Waals surface area contributed by atoms with Gasteiger partial charge < -0.3 is 5.73 Å². The Morgan fingerprint density at radius 2 is 1.83 bits per heavy atom. The van der Waals surface area contributed by atoms with Crippen molar-refractivity contribution in [3.63, 3.8) is 0 Å². The molecule has 1 atom stereocenters. The molecule has 1 aliphatic carbocycles. The van der Waals surface area contributed by atoms with E-state index in [4.69, 9.17) is 5.73 Å². The average molecular weight is 242 g/mol. The molecule has 0 spiro atoms. The zero-order chi connectivity index (χ0) is 12.5. The van der Waals surface area contributed by atoms with Gasteiger partial charge in [0, 0.05) is 12.2 Å². The molecule has 2 N–H and O–H groups in total. The largest absolute Gasteiger partial charge is 0.324 e. The Morgan fingerprint density at radius 3 is 2.44 bits per heavy atom. The lowest BCUT2D eigenvalue weighted by molar-refractivity contribution is 0.450. The maximum absolute atomic E-state index is 13.2. The fourth-order valence-electron chi connectivity index (χ4n) is 2.73. The average Bonchev–Trinajstić information content (AvgIpc) is 2.81. The monoisotopic (exact) mass is 242 g/mol. The van der Waals surface area contributed by atoms with Crippen molar-refractivity contribution in [2.45, 2.75) is 18.9 Å². The first-order valence-corrected chi connectivity index (χ1v) is 6.17. The molecule has 3 heteroatoms. The molecule has 3 rings (SSSR count). The highest BCUT2D eigenvalue weighted by Gasteiger charge is 2.27. The molecule has 0 fully saturated rings. The molecule has 1 heterocycles. The first kappa shape index (κ1) is 11.4. The standard InChI is InChI=1S/C15H15FN2/c16-14-7-13(8-18-9-14)15(17)12-5-10-3-1-2-4-11(10)6-12/h1-4,7-9,12,15H,5-6,17H2. The third-order valence-corrected chi connectivity index (χ3v) is 3.70. The van der Waals surface area contributed by atoms with Gasteiger partial charge in [-0.05, 0) is 41.5 Å². The van der Waals surface area contributed by atoms with Crippen molar-refractivity contribution in [3.05, 3.63) is 65.2 Å². The van der Waals surface area contributed by atoms with Crippen LogP contribution in [0, 0.1) is 11.7 Å². The van der Waals surface area contributed by atoms with Crippen LogP contribution in [0.5, 0.6) is 0 Å². The van der Waals surface area contributed by atoms with Gasteiger partial charge in [0.05, 0.1) is 6.20 Å². The molecule has 0 amide bonds. The number of nitrogens with zero attached hydrogens (tertiary/aromatic N) is 1. The number of fused-ring (bicyclic) bond motifs is 1. The second-order valence-electron chi connectivity index (χ2n) is 4.90. The molecule has 1 aromatic heterocycles. The predicted octanol–water partition coefficient (Wildman–Crippen LogP) is 2.64. The highest BCUT2D eigenvalue weighted by molar-refractivity contribution is 5.33. The Labute approximate surface area is 106 Å². The second-order valence-corrected chi connectivity index (χ2v) is 4.90. The van der Waals surface area contributed by atoms with Gasteiger partial charge in [-0.15, -0.1) is 0 Å². The van der Waals surface area contributed by atoms with Gasteiger partial charge in [-0.3, -0.25) is 4.98 Å². The molecule has 2 aromatic rings. The summed E-state index contributed by atoms with van der Waals surface area (Å²) in [7, 11) is 0. The summed E-state index contributed by atoms with van der Waals surface area (Å²) < 4.78 is 13.2. The van der Waals surface area contributed by atoms with Crippen LogP contribution in [-0.2, 0) is 12.8 Å². The Morgan fingerprint density at radius 1 is 1.17 bits per heavy atom. The molecule has 1 aromatic carbocycles. The van der Waals surface area contributed by atoms with Gasteiger partial charge in [-0.1, -0.05) is 24.3 Å². The number of hydrogen-bond acceptors (Lipinski definition) is 2. The van der Waals surface area contributed by atoms with Gasteiger partial charge in [0.2, 0.25) is 0 Å². The summed E-state index contributed by atoms with van der Waals surface area (Å²) in [4.78, 5) is 3.87. The highest BCUT2D eigenvalue weighted by Crippen LogP contribution is 2.33. The minimum atomic E-state index is -0.321. The van der Waals surface area contributed by atoms with Crippen molar-refractivity contribution in [2.24, 2.45) is 11.7 Å². The van der Waals surface area contributed by atoms with Gasteiger partial charge in [0.15, 0.2) is 0 Å². The van der Waals surface area contributed by atoms with Gasteiger partial charge in [-0.25, -0.2) is 4.39 Å². The van der Waals surface area contributed by atoms with Gasteiger partial charge in [-0.2, -0.15) is 0 Å². The second kappa shape index (κ2) is 4.50. The molecule has 0 radical (unpaired) electrons. The zero-order valence-electron chi connectivity index (χ0n) is 10.0. The van der Waals surface area contributed by atoms with Crippen LogP contribution in [-0.4, -0.2) is 4.98 Å². The van der Waals surface area contributed by atoms with Crippen molar-refractivity contribution >= 4 is 0 Å². The van der Waals surface area contributed by atoms with Crippen LogP contribution < -0.4 is 5.73 Å². The molecule has 0 aliphatic heterocycles. The number of nitrogens with two attached hydrogens (primary N) is 1. The fourth-order valence-corrected chi connectivity index (χ4v) is 2.73. The number of pyridine rings is 1. The molecule has 1 unspecified atom stereocenters. The summed E-state index contributed by atoms with van der Waals surface area (Å²) in [5.74, 6) is 0.0180. The fraction of sp³-hybridized carbons (Fsp3) is 0.267. The first-order valence-electron chi connectivity index (χ1n) is 6.17. The quantitative estimate of drug-likeness (QED) is 0.879. The van der Waals surface area contributed by atoms with E-state index in [0.717, 1.165) is 18.4 Å². The topological polar surface area (TPSA) is 38.9 Å². The molecule has 0 saturated carbocycles. The summed E-state index contributed by atoms with van der Waals surface area (Å²) in [6, 6.07) is 9.73. The SMILES string of the molecule is NC(c1cncc(F)c1)C1Cc2ccccc2C1. The van der Waals surface area contributed by atoms with Crippen molar-refractivity contribution in [1.82, 2.24) is 4.98 Å². The molecular formula is C15H15FN2. The molecule has 1 aliphatic rings. The van der Waals surface area contributed by atoms with E-state index >= 15 is 0 Å². The van der Waals surface area contributed by atoms with E-state index in [-0.39, 0.29) is 11.9 Å². The van der Waals surface area contributed by atoms with Crippen LogP contribution in [0.15, 0.2) is 42.7 Å². The summed E-state index contributed by atoms with van der Waals surface area (Å²) in [5.41, 5.74) is 9.75. The molecule has 0 bridgehead atoms. The van der Waals surface area contributed by atoms with Crippen molar-refractivity contribution in [3.8, 4) is 0 Å². The van der Waals surface area contributed by atoms with Gasteiger partial charge in [0.25, 0.3) is 0 Å². The Kier molecular flexibility index (Phi) is 2.84. The minimum Gasteiger partial charge on any atom is -0.324 e. The van der Waals surface area contributed by atoms with E-state index in [2.05, 4.69) is 29.2 Å². The van der Waals surface area contributed by atoms with Crippen molar-refractivity contribution in [1.29, 1.82) is 0 Å². The maximum Gasteiger partial charge on any atom is 0.141 e. The van der Waals surface area contributed by atoms with Crippen molar-refractivity contribution in [2.75, 3.05) is 0 Å². The Hall–Kier alpha value is -1.74. The summed E-state index contributed by atoms with van der Waals surface area (Å²) in [6.45, 7) is 0. The molecule has 18 heavy (non-hydrogen) atoms. The third-order valence-electron chi connectivity index (χ3n) is 3.70. The number of halogens is 1. The molecule has 0 saturated heterocycles. The third kappa shape index (κ3) is 2.02. The summed E-state index contributed by atoms with van der Waals surface area (Å²) in [5, 5.41) is 0. The lowest BCUT2D eigenvalue weighted by Gasteiger charge is -2.18. The zero-order valence-corrected chi connectivity index (χ0v) is 10.0. The number of aromatic nitrogens is 1. The lowest BCUT2D eigenvalue weighted by atomic mass is 9.92. The van der Waals surface area contributed by atoms with Crippen LogP contribution in [0.4, 0.5) is 4.39 Å². The van der Waals surface area contributed by atoms with Crippen LogP contribution in [0.3, 0.4) is 0 Å². The summed E-state index contributed by atoms with van der Waals surface area (Å²) >= 11 is 0. The first-order chi connectivity index (χ1) is 8.74. The predicted molar refractivity (Wildman–Crippen MR) is 68.5 cm³/mol. The van der Waals surface area contributed by atoms with E-state index < -0.39 is 0 Å². The van der Waals surface area contributed by atoms with E-state index in [9.17, 15) is 4.39 Å². The number of benzene rings is 1. The summed E-state index contributed by atoms with van der Waals surface area (Å²) in [6.07, 6.45) is 4.80. The number of hydrogen-bond donors (Lipinski definition) is 1.